The molecule has 0 amide bonds. The molecule has 10 heteroatoms. The van der Waals surface area contributed by atoms with Crippen LogP contribution in [0.4, 0.5) is 0 Å². The van der Waals surface area contributed by atoms with Crippen molar-refractivity contribution in [2.24, 2.45) is 0 Å². The lowest BCUT2D eigenvalue weighted by Crippen LogP contribution is -2.09. The fourth-order valence-electron chi connectivity index (χ4n) is 3.02. The van der Waals surface area contributed by atoms with E-state index in [4.69, 9.17) is 19.7 Å². The van der Waals surface area contributed by atoms with E-state index in [1.165, 1.54) is 36.4 Å². The quantitative estimate of drug-likeness (QED) is 0.411. The summed E-state index contributed by atoms with van der Waals surface area (Å²) in [5, 5.41) is 17.4. The van der Waals surface area contributed by atoms with Crippen LogP contribution >= 0.6 is 0 Å². The highest BCUT2D eigenvalue weighted by Gasteiger charge is 2.22. The Labute approximate surface area is 183 Å². The lowest BCUT2D eigenvalue weighted by Gasteiger charge is -2.14. The first kappa shape index (κ1) is 22.8. The molecule has 0 aromatic heterocycles. The summed E-state index contributed by atoms with van der Waals surface area (Å²) in [5.41, 5.74) is 1.40. The first-order chi connectivity index (χ1) is 15.1. The van der Waals surface area contributed by atoms with Crippen LogP contribution < -0.4 is 9.47 Å². The van der Waals surface area contributed by atoms with Gasteiger partial charge >= 0.3 is 11.9 Å². The fraction of sp³-hybridized carbons (Fsp3) is 0.0909. The zero-order chi connectivity index (χ0) is 23.3. The monoisotopic (exact) mass is 458 g/mol. The van der Waals surface area contributed by atoms with Gasteiger partial charge in [-0.3, -0.25) is 4.55 Å². The number of rotatable bonds is 9. The Morgan fingerprint density at radius 2 is 1.06 bits per heavy atom. The van der Waals surface area contributed by atoms with Crippen LogP contribution in [0, 0.1) is 0 Å². The summed E-state index contributed by atoms with van der Waals surface area (Å²) in [6, 6.07) is 16.9. The second kappa shape index (κ2) is 9.50. The van der Waals surface area contributed by atoms with E-state index in [1.807, 2.05) is 0 Å². The van der Waals surface area contributed by atoms with Gasteiger partial charge in [0.1, 0.15) is 16.4 Å². The van der Waals surface area contributed by atoms with Gasteiger partial charge in [0.2, 0.25) is 0 Å². The predicted molar refractivity (Wildman–Crippen MR) is 113 cm³/mol. The van der Waals surface area contributed by atoms with E-state index >= 15 is 0 Å². The third kappa shape index (κ3) is 5.62. The van der Waals surface area contributed by atoms with Gasteiger partial charge in [0.25, 0.3) is 10.1 Å². The van der Waals surface area contributed by atoms with E-state index < -0.39 is 35.3 Å². The first-order valence-corrected chi connectivity index (χ1v) is 10.6. The van der Waals surface area contributed by atoms with Crippen LogP contribution in [-0.2, 0) is 19.7 Å². The SMILES string of the molecule is O=C(O)COc1ccc(-c2cccc(-c3ccc(OCC(=O)O)cc3)c2S(=O)(=O)O)cc1. The number of aliphatic carboxylic acids is 2. The topological polar surface area (TPSA) is 147 Å². The lowest BCUT2D eigenvalue weighted by molar-refractivity contribution is -0.140. The number of carbonyl (C=O) groups is 2. The average molecular weight is 458 g/mol. The molecule has 0 atom stereocenters. The maximum atomic E-state index is 12.3. The molecule has 32 heavy (non-hydrogen) atoms. The van der Waals surface area contributed by atoms with Gasteiger partial charge < -0.3 is 19.7 Å². The first-order valence-electron chi connectivity index (χ1n) is 9.15. The van der Waals surface area contributed by atoms with Crippen LogP contribution in [-0.4, -0.2) is 48.3 Å². The highest BCUT2D eigenvalue weighted by molar-refractivity contribution is 7.86. The van der Waals surface area contributed by atoms with Gasteiger partial charge in [0, 0.05) is 11.1 Å². The molecular weight excluding hydrogens is 440 g/mol. The summed E-state index contributed by atoms with van der Waals surface area (Å²) < 4.78 is 44.7. The van der Waals surface area contributed by atoms with Crippen LogP contribution in [0.5, 0.6) is 11.5 Å². The molecule has 0 fully saturated rings. The number of carboxylic acid groups (broad SMARTS) is 2. The Morgan fingerprint density at radius 3 is 1.38 bits per heavy atom. The summed E-state index contributed by atoms with van der Waals surface area (Å²) in [4.78, 5) is 20.9. The van der Waals surface area contributed by atoms with Gasteiger partial charge in [-0.1, -0.05) is 42.5 Å². The Morgan fingerprint density at radius 1 is 0.688 bits per heavy atom. The van der Waals surface area contributed by atoms with Crippen molar-refractivity contribution in [3.8, 4) is 33.8 Å². The molecule has 166 valence electrons. The zero-order valence-corrected chi connectivity index (χ0v) is 17.3. The van der Waals surface area contributed by atoms with E-state index in [1.54, 1.807) is 30.3 Å². The van der Waals surface area contributed by atoms with E-state index in [-0.39, 0.29) is 27.5 Å². The lowest BCUT2D eigenvalue weighted by atomic mass is 9.98. The molecule has 3 aromatic rings. The van der Waals surface area contributed by atoms with Crippen molar-refractivity contribution in [2.75, 3.05) is 13.2 Å². The van der Waals surface area contributed by atoms with Gasteiger partial charge in [-0.15, -0.1) is 0 Å². The summed E-state index contributed by atoms with van der Waals surface area (Å²) in [5.74, 6) is -1.68. The molecule has 0 aliphatic rings. The van der Waals surface area contributed by atoms with E-state index in [0.29, 0.717) is 11.1 Å². The van der Waals surface area contributed by atoms with E-state index in [2.05, 4.69) is 0 Å². The minimum Gasteiger partial charge on any atom is -0.482 e. The highest BCUT2D eigenvalue weighted by atomic mass is 32.2. The third-order valence-corrected chi connectivity index (χ3v) is 5.28. The Bertz CT molecular complexity index is 1150. The van der Waals surface area contributed by atoms with Crippen LogP contribution in [0.25, 0.3) is 22.3 Å². The molecule has 0 spiro atoms. The Hall–Kier alpha value is -3.89. The van der Waals surface area contributed by atoms with Crippen molar-refractivity contribution >= 4 is 22.1 Å². The summed E-state index contributed by atoms with van der Waals surface area (Å²) >= 11 is 0. The molecule has 0 saturated heterocycles. The minimum atomic E-state index is -4.64. The largest absolute Gasteiger partial charge is 0.482 e. The highest BCUT2D eigenvalue weighted by Crippen LogP contribution is 2.36. The van der Waals surface area contributed by atoms with Crippen molar-refractivity contribution in [2.45, 2.75) is 4.90 Å². The summed E-state index contributed by atoms with van der Waals surface area (Å²) in [7, 11) is -4.64. The van der Waals surface area contributed by atoms with E-state index in [0.717, 1.165) is 0 Å². The molecule has 0 unspecified atom stereocenters. The van der Waals surface area contributed by atoms with Crippen LogP contribution in [0.1, 0.15) is 0 Å². The standard InChI is InChI=1S/C22H18O9S/c23-20(24)12-30-16-8-4-14(5-9-16)18-2-1-3-19(22(18)32(27,28)29)15-6-10-17(11-7-15)31-13-21(25)26/h1-11H,12-13H2,(H,23,24)(H,25,26)(H,27,28,29). The van der Waals surface area contributed by atoms with Gasteiger partial charge in [-0.2, -0.15) is 8.42 Å². The second-order valence-corrected chi connectivity index (χ2v) is 7.93. The van der Waals surface area contributed by atoms with Crippen molar-refractivity contribution in [1.82, 2.24) is 0 Å². The molecule has 9 nitrogen and oxygen atoms in total. The normalized spacial score (nSPS) is 11.0. The van der Waals surface area contributed by atoms with Gasteiger partial charge in [-0.25, -0.2) is 9.59 Å². The average Bonchev–Trinajstić information content (AvgIpc) is 2.76. The van der Waals surface area contributed by atoms with Crippen molar-refractivity contribution in [1.29, 1.82) is 0 Å². The maximum Gasteiger partial charge on any atom is 0.341 e. The molecule has 0 aliphatic carbocycles. The number of hydrogen-bond donors (Lipinski definition) is 3. The number of hydrogen-bond acceptors (Lipinski definition) is 6. The fourth-order valence-corrected chi connectivity index (χ4v) is 3.95. The Kier molecular flexibility index (Phi) is 6.76. The van der Waals surface area contributed by atoms with Crippen LogP contribution in [0.15, 0.2) is 71.6 Å². The number of ether oxygens (including phenoxy) is 2. The van der Waals surface area contributed by atoms with Crippen molar-refractivity contribution in [3.05, 3.63) is 66.7 Å². The minimum absolute atomic E-state index is 0.237. The molecular formula is C22H18O9S. The zero-order valence-electron chi connectivity index (χ0n) is 16.5. The maximum absolute atomic E-state index is 12.3. The number of carboxylic acids is 2. The number of benzene rings is 3. The second-order valence-electron chi connectivity index (χ2n) is 6.57. The summed E-state index contributed by atoms with van der Waals surface area (Å²) in [6.07, 6.45) is 0. The molecule has 0 bridgehead atoms. The van der Waals surface area contributed by atoms with Crippen molar-refractivity contribution < 1.29 is 42.2 Å². The van der Waals surface area contributed by atoms with Crippen LogP contribution in [0.3, 0.4) is 0 Å². The smallest absolute Gasteiger partial charge is 0.341 e. The van der Waals surface area contributed by atoms with Crippen molar-refractivity contribution in [3.63, 3.8) is 0 Å². The predicted octanol–water partition coefficient (Wildman–Crippen LogP) is 3.19. The Balaban J connectivity index is 2.00. The molecule has 3 rings (SSSR count). The van der Waals surface area contributed by atoms with Gasteiger partial charge in [0.15, 0.2) is 13.2 Å². The molecule has 0 heterocycles. The third-order valence-electron chi connectivity index (χ3n) is 4.33. The molecule has 0 saturated carbocycles. The molecule has 0 radical (unpaired) electrons. The molecule has 3 aromatic carbocycles. The van der Waals surface area contributed by atoms with Gasteiger partial charge in [-0.05, 0) is 35.4 Å². The molecule has 0 aliphatic heterocycles. The van der Waals surface area contributed by atoms with Crippen LogP contribution in [0.2, 0.25) is 0 Å². The molecule has 3 N–H and O–H groups in total. The van der Waals surface area contributed by atoms with E-state index in [9.17, 15) is 22.6 Å². The van der Waals surface area contributed by atoms with Gasteiger partial charge in [0.05, 0.1) is 0 Å². The summed E-state index contributed by atoms with van der Waals surface area (Å²) in [6.45, 7) is -1.03.